The highest BCUT2D eigenvalue weighted by atomic mass is 16.6. The Kier molecular flexibility index (Phi) is 7.33. The van der Waals surface area contributed by atoms with Crippen LogP contribution in [-0.2, 0) is 14.3 Å². The number of amides is 1. The molecule has 0 saturated carbocycles. The highest BCUT2D eigenvalue weighted by Crippen LogP contribution is 1.96. The number of rotatable bonds is 6. The number of hydrogen-bond donors (Lipinski definition) is 1. The summed E-state index contributed by atoms with van der Waals surface area (Å²) < 4.78 is 9.39. The Bertz CT molecular complexity index is 293. The lowest BCUT2D eigenvalue weighted by molar-refractivity contribution is -0.145. The van der Waals surface area contributed by atoms with Crippen molar-refractivity contribution >= 4 is 12.1 Å². The molecular weight excluding hydrogens is 210 g/mol. The van der Waals surface area contributed by atoms with E-state index < -0.39 is 18.1 Å². The standard InChI is InChI=1S/C11H15NO4/c1-4-7-9(10(13)15-6-3)12-11(14)16-8-5-2/h1,5,9H,2,6-8H2,3H3,(H,12,14). The number of terminal acetylenes is 1. The molecule has 1 N–H and O–H groups in total. The van der Waals surface area contributed by atoms with Gasteiger partial charge < -0.3 is 14.8 Å². The summed E-state index contributed by atoms with van der Waals surface area (Å²) in [7, 11) is 0. The third kappa shape index (κ3) is 5.70. The molecule has 1 amide bonds. The second-order valence-corrected chi connectivity index (χ2v) is 2.74. The van der Waals surface area contributed by atoms with Crippen molar-refractivity contribution in [2.24, 2.45) is 0 Å². The predicted octanol–water partition coefficient (Wildman–Crippen LogP) is 0.854. The van der Waals surface area contributed by atoms with Crippen molar-refractivity contribution in [1.29, 1.82) is 0 Å². The monoisotopic (exact) mass is 225 g/mol. The molecule has 5 nitrogen and oxygen atoms in total. The molecule has 0 aromatic heterocycles. The first-order chi connectivity index (χ1) is 7.65. The molecule has 0 fully saturated rings. The number of nitrogens with one attached hydrogen (secondary N) is 1. The largest absolute Gasteiger partial charge is 0.464 e. The lowest BCUT2D eigenvalue weighted by Crippen LogP contribution is -2.41. The molecule has 0 aromatic rings. The molecule has 0 saturated heterocycles. The molecular formula is C11H15NO4. The smallest absolute Gasteiger partial charge is 0.408 e. The van der Waals surface area contributed by atoms with Crippen molar-refractivity contribution in [2.45, 2.75) is 19.4 Å². The van der Waals surface area contributed by atoms with Crippen LogP contribution >= 0.6 is 0 Å². The van der Waals surface area contributed by atoms with Gasteiger partial charge in [-0.3, -0.25) is 0 Å². The van der Waals surface area contributed by atoms with E-state index in [1.807, 2.05) is 0 Å². The van der Waals surface area contributed by atoms with E-state index >= 15 is 0 Å². The Morgan fingerprint density at radius 3 is 2.75 bits per heavy atom. The van der Waals surface area contributed by atoms with E-state index in [1.165, 1.54) is 6.08 Å². The van der Waals surface area contributed by atoms with Crippen molar-refractivity contribution in [3.63, 3.8) is 0 Å². The molecule has 1 unspecified atom stereocenters. The number of ether oxygens (including phenoxy) is 2. The average Bonchev–Trinajstić information content (AvgIpc) is 2.26. The number of esters is 1. The summed E-state index contributed by atoms with van der Waals surface area (Å²) in [5.74, 6) is 1.70. The molecule has 0 aromatic carbocycles. The Balaban J connectivity index is 4.22. The minimum Gasteiger partial charge on any atom is -0.464 e. The minimum absolute atomic E-state index is 0.0576. The van der Waals surface area contributed by atoms with E-state index in [0.29, 0.717) is 0 Å². The summed E-state index contributed by atoms with van der Waals surface area (Å²) in [6, 6.07) is -0.873. The van der Waals surface area contributed by atoms with Crippen LogP contribution in [0.25, 0.3) is 0 Å². The predicted molar refractivity (Wildman–Crippen MR) is 58.6 cm³/mol. The highest BCUT2D eigenvalue weighted by molar-refractivity contribution is 5.81. The van der Waals surface area contributed by atoms with E-state index in [0.717, 1.165) is 0 Å². The van der Waals surface area contributed by atoms with Crippen LogP contribution in [0.5, 0.6) is 0 Å². The Labute approximate surface area is 94.8 Å². The van der Waals surface area contributed by atoms with Crippen LogP contribution in [0, 0.1) is 12.3 Å². The van der Waals surface area contributed by atoms with Gasteiger partial charge in [-0.2, -0.15) is 0 Å². The van der Waals surface area contributed by atoms with Crippen molar-refractivity contribution in [2.75, 3.05) is 13.2 Å². The van der Waals surface area contributed by atoms with Crippen molar-refractivity contribution < 1.29 is 19.1 Å². The normalized spacial score (nSPS) is 10.8. The van der Waals surface area contributed by atoms with Gasteiger partial charge in [-0.05, 0) is 6.92 Å². The maximum Gasteiger partial charge on any atom is 0.408 e. The zero-order chi connectivity index (χ0) is 12.4. The third-order valence-corrected chi connectivity index (χ3v) is 1.52. The molecule has 0 aliphatic rings. The summed E-state index contributed by atoms with van der Waals surface area (Å²) in [5, 5.41) is 2.31. The zero-order valence-electron chi connectivity index (χ0n) is 9.19. The molecule has 0 spiro atoms. The molecule has 0 aliphatic heterocycles. The highest BCUT2D eigenvalue weighted by Gasteiger charge is 2.21. The SMILES string of the molecule is C#CCC(NC(=O)OCC=C)C(=O)OCC. The summed E-state index contributed by atoms with van der Waals surface area (Å²) in [6.07, 6.45) is 5.82. The lowest BCUT2D eigenvalue weighted by atomic mass is 10.2. The van der Waals surface area contributed by atoms with Crippen molar-refractivity contribution in [1.82, 2.24) is 5.32 Å². The Morgan fingerprint density at radius 2 is 2.25 bits per heavy atom. The minimum atomic E-state index is -0.873. The fourth-order valence-electron chi connectivity index (χ4n) is 0.873. The summed E-state index contributed by atoms with van der Waals surface area (Å²) in [5.41, 5.74) is 0. The first kappa shape index (κ1) is 14.0. The van der Waals surface area contributed by atoms with Gasteiger partial charge in [0.1, 0.15) is 12.6 Å². The fraction of sp³-hybridized carbons (Fsp3) is 0.455. The van der Waals surface area contributed by atoms with E-state index in [1.54, 1.807) is 6.92 Å². The number of carbonyl (C=O) groups is 2. The molecule has 5 heteroatoms. The third-order valence-electron chi connectivity index (χ3n) is 1.52. The topological polar surface area (TPSA) is 64.6 Å². The van der Waals surface area contributed by atoms with Gasteiger partial charge in [0.2, 0.25) is 0 Å². The van der Waals surface area contributed by atoms with Crippen LogP contribution in [0.3, 0.4) is 0 Å². The molecule has 16 heavy (non-hydrogen) atoms. The van der Waals surface area contributed by atoms with Gasteiger partial charge in [-0.15, -0.1) is 12.3 Å². The molecule has 0 rings (SSSR count). The van der Waals surface area contributed by atoms with E-state index in [9.17, 15) is 9.59 Å². The lowest BCUT2D eigenvalue weighted by Gasteiger charge is -2.14. The number of alkyl carbamates (subject to hydrolysis) is 1. The van der Waals surface area contributed by atoms with E-state index in [2.05, 4.69) is 22.6 Å². The molecule has 0 aliphatic carbocycles. The van der Waals surface area contributed by atoms with Gasteiger partial charge in [0.25, 0.3) is 0 Å². The number of carbonyl (C=O) groups excluding carboxylic acids is 2. The summed E-state index contributed by atoms with van der Waals surface area (Å²) >= 11 is 0. The summed E-state index contributed by atoms with van der Waals surface area (Å²) in [6.45, 7) is 5.34. The van der Waals surface area contributed by atoms with Gasteiger partial charge in [0, 0.05) is 6.42 Å². The van der Waals surface area contributed by atoms with Crippen LogP contribution in [-0.4, -0.2) is 31.3 Å². The van der Waals surface area contributed by atoms with Gasteiger partial charge >= 0.3 is 12.1 Å². The van der Waals surface area contributed by atoms with Crippen LogP contribution in [0.4, 0.5) is 4.79 Å². The molecule has 0 radical (unpaired) electrons. The molecule has 1 atom stereocenters. The second kappa shape index (κ2) is 8.36. The van der Waals surface area contributed by atoms with E-state index in [-0.39, 0.29) is 19.6 Å². The summed E-state index contributed by atoms with van der Waals surface area (Å²) in [4.78, 5) is 22.5. The van der Waals surface area contributed by atoms with Crippen LogP contribution in [0.15, 0.2) is 12.7 Å². The zero-order valence-corrected chi connectivity index (χ0v) is 9.19. The van der Waals surface area contributed by atoms with Gasteiger partial charge in [-0.1, -0.05) is 12.7 Å². The van der Waals surface area contributed by atoms with Crippen LogP contribution in [0.1, 0.15) is 13.3 Å². The Hall–Kier alpha value is -1.96. The van der Waals surface area contributed by atoms with Gasteiger partial charge in [0.15, 0.2) is 0 Å². The first-order valence-electron chi connectivity index (χ1n) is 4.80. The second-order valence-electron chi connectivity index (χ2n) is 2.74. The quantitative estimate of drug-likeness (QED) is 0.413. The Morgan fingerprint density at radius 1 is 1.56 bits per heavy atom. The van der Waals surface area contributed by atoms with Gasteiger partial charge in [0.05, 0.1) is 6.61 Å². The fourth-order valence-corrected chi connectivity index (χ4v) is 0.873. The number of hydrogen-bond acceptors (Lipinski definition) is 4. The van der Waals surface area contributed by atoms with Crippen molar-refractivity contribution in [3.05, 3.63) is 12.7 Å². The first-order valence-corrected chi connectivity index (χ1v) is 4.80. The maximum atomic E-state index is 11.3. The molecule has 88 valence electrons. The van der Waals surface area contributed by atoms with E-state index in [4.69, 9.17) is 11.2 Å². The average molecular weight is 225 g/mol. The van der Waals surface area contributed by atoms with Crippen molar-refractivity contribution in [3.8, 4) is 12.3 Å². The maximum absolute atomic E-state index is 11.3. The molecule has 0 heterocycles. The van der Waals surface area contributed by atoms with Crippen LogP contribution < -0.4 is 5.32 Å². The van der Waals surface area contributed by atoms with Crippen LogP contribution in [0.2, 0.25) is 0 Å². The van der Waals surface area contributed by atoms with Gasteiger partial charge in [-0.25, -0.2) is 9.59 Å². The molecule has 0 bridgehead atoms.